The van der Waals surface area contributed by atoms with Gasteiger partial charge in [0.25, 0.3) is 0 Å². The highest BCUT2D eigenvalue weighted by Crippen LogP contribution is 2.67. The average Bonchev–Trinajstić information content (AvgIpc) is 3.31. The van der Waals surface area contributed by atoms with Crippen LogP contribution >= 0.6 is 0 Å². The van der Waals surface area contributed by atoms with Crippen molar-refractivity contribution in [3.8, 4) is 0 Å². The Bertz CT molecular complexity index is 804. The van der Waals surface area contributed by atoms with Crippen LogP contribution in [0.15, 0.2) is 4.99 Å². The summed E-state index contributed by atoms with van der Waals surface area (Å²) >= 11 is 0. The van der Waals surface area contributed by atoms with Gasteiger partial charge >= 0.3 is 0 Å². The summed E-state index contributed by atoms with van der Waals surface area (Å²) in [6.07, 6.45) is 8.43. The standard InChI is InChI=1S/C27H41NO3/c1-15-11-23(28-14-15)25(31)16(2)19-5-6-20-18-13-24(30)22-12-17(29)7-9-27(22,4)21(18)8-10-26(19,20)3/h15-22,29H,5-14H2,1-4H3/t15-,16-,17+,18+,19-,20+,21-,22-,26-,27-/m1/s1. The fourth-order valence-electron chi connectivity index (χ4n) is 9.23. The molecular formula is C27H41NO3. The molecule has 4 fully saturated rings. The van der Waals surface area contributed by atoms with Crippen molar-refractivity contribution in [3.05, 3.63) is 0 Å². The third kappa shape index (κ3) is 3.21. The summed E-state index contributed by atoms with van der Waals surface area (Å²) in [5.74, 6) is 3.36. The molecule has 0 bridgehead atoms. The van der Waals surface area contributed by atoms with Crippen molar-refractivity contribution in [3.63, 3.8) is 0 Å². The van der Waals surface area contributed by atoms with Gasteiger partial charge in [-0.1, -0.05) is 27.7 Å². The molecule has 172 valence electrons. The second-order valence-electron chi connectivity index (χ2n) is 12.5. The molecule has 0 radical (unpaired) electrons. The van der Waals surface area contributed by atoms with E-state index in [1.165, 1.54) is 19.3 Å². The van der Waals surface area contributed by atoms with Gasteiger partial charge in [0, 0.05) is 24.8 Å². The monoisotopic (exact) mass is 427 g/mol. The van der Waals surface area contributed by atoms with Crippen LogP contribution in [0.25, 0.3) is 0 Å². The molecule has 0 aromatic carbocycles. The molecule has 4 aliphatic carbocycles. The summed E-state index contributed by atoms with van der Waals surface area (Å²) in [5, 5.41) is 10.2. The van der Waals surface area contributed by atoms with Crippen LogP contribution in [0.4, 0.5) is 0 Å². The number of fused-ring (bicyclic) bond motifs is 5. The molecule has 4 nitrogen and oxygen atoms in total. The normalized spacial score (nSPS) is 50.3. The average molecular weight is 428 g/mol. The molecule has 4 saturated carbocycles. The first-order valence-corrected chi connectivity index (χ1v) is 12.9. The maximum Gasteiger partial charge on any atom is 0.179 e. The molecule has 0 amide bonds. The second-order valence-corrected chi connectivity index (χ2v) is 12.5. The van der Waals surface area contributed by atoms with Crippen molar-refractivity contribution in [2.24, 2.45) is 57.2 Å². The number of carbonyl (C=O) groups excluding carboxylic acids is 2. The molecule has 0 unspecified atom stereocenters. The molecule has 1 aliphatic heterocycles. The van der Waals surface area contributed by atoms with E-state index in [-0.39, 0.29) is 28.8 Å². The van der Waals surface area contributed by atoms with Gasteiger partial charge in [-0.15, -0.1) is 0 Å². The molecule has 5 rings (SSSR count). The van der Waals surface area contributed by atoms with Gasteiger partial charge in [0.2, 0.25) is 0 Å². The molecule has 0 spiro atoms. The summed E-state index contributed by atoms with van der Waals surface area (Å²) in [7, 11) is 0. The van der Waals surface area contributed by atoms with Gasteiger partial charge in [-0.2, -0.15) is 0 Å². The van der Waals surface area contributed by atoms with Crippen LogP contribution in [0.3, 0.4) is 0 Å². The molecule has 0 aromatic rings. The van der Waals surface area contributed by atoms with Crippen molar-refractivity contribution in [2.45, 2.75) is 91.6 Å². The first kappa shape index (κ1) is 21.8. The summed E-state index contributed by atoms with van der Waals surface area (Å²) in [4.78, 5) is 31.1. The summed E-state index contributed by atoms with van der Waals surface area (Å²) in [5.41, 5.74) is 1.07. The molecule has 1 heterocycles. The number of hydrogen-bond acceptors (Lipinski definition) is 4. The minimum Gasteiger partial charge on any atom is -0.393 e. The number of rotatable bonds is 3. The Morgan fingerprint density at radius 2 is 1.77 bits per heavy atom. The lowest BCUT2D eigenvalue weighted by molar-refractivity contribution is -0.160. The van der Waals surface area contributed by atoms with E-state index < -0.39 is 0 Å². The largest absolute Gasteiger partial charge is 0.393 e. The van der Waals surface area contributed by atoms with Gasteiger partial charge in [-0.3, -0.25) is 14.6 Å². The number of aliphatic hydroxyl groups is 1. The van der Waals surface area contributed by atoms with E-state index in [0.717, 1.165) is 37.9 Å². The van der Waals surface area contributed by atoms with Gasteiger partial charge in [0.15, 0.2) is 5.78 Å². The van der Waals surface area contributed by atoms with E-state index in [1.54, 1.807) is 0 Å². The van der Waals surface area contributed by atoms with Crippen molar-refractivity contribution < 1.29 is 14.7 Å². The van der Waals surface area contributed by atoms with Crippen LogP contribution < -0.4 is 0 Å². The molecule has 10 atom stereocenters. The minimum absolute atomic E-state index is 0.0445. The van der Waals surface area contributed by atoms with Crippen LogP contribution in [-0.2, 0) is 9.59 Å². The van der Waals surface area contributed by atoms with E-state index in [4.69, 9.17) is 0 Å². The molecule has 1 N–H and O–H groups in total. The zero-order valence-corrected chi connectivity index (χ0v) is 19.9. The second kappa shape index (κ2) is 7.50. The van der Waals surface area contributed by atoms with Crippen molar-refractivity contribution in [1.29, 1.82) is 0 Å². The van der Waals surface area contributed by atoms with Gasteiger partial charge in [-0.05, 0) is 91.8 Å². The fourth-order valence-corrected chi connectivity index (χ4v) is 9.23. The Balaban J connectivity index is 1.38. The van der Waals surface area contributed by atoms with Crippen LogP contribution in [-0.4, -0.2) is 35.0 Å². The predicted octanol–water partition coefficient (Wildman–Crippen LogP) is 4.87. The lowest BCUT2D eigenvalue weighted by atomic mass is 9.44. The molecule has 4 heteroatoms. The number of aliphatic hydroxyl groups excluding tert-OH is 1. The van der Waals surface area contributed by atoms with Gasteiger partial charge in [-0.25, -0.2) is 0 Å². The third-order valence-electron chi connectivity index (χ3n) is 10.9. The Labute approximate surface area is 187 Å². The molecule has 0 aromatic heterocycles. The van der Waals surface area contributed by atoms with Crippen LogP contribution in [0.5, 0.6) is 0 Å². The Morgan fingerprint density at radius 1 is 1.06 bits per heavy atom. The van der Waals surface area contributed by atoms with E-state index >= 15 is 0 Å². The zero-order chi connectivity index (χ0) is 22.1. The molecule has 0 saturated heterocycles. The number of carbonyl (C=O) groups is 2. The van der Waals surface area contributed by atoms with Gasteiger partial charge < -0.3 is 5.11 Å². The van der Waals surface area contributed by atoms with E-state index in [0.29, 0.717) is 54.0 Å². The van der Waals surface area contributed by atoms with Gasteiger partial charge in [0.1, 0.15) is 5.78 Å². The Kier molecular flexibility index (Phi) is 5.27. The highest BCUT2D eigenvalue weighted by atomic mass is 16.3. The number of nitrogens with zero attached hydrogens (tertiary/aromatic N) is 1. The quantitative estimate of drug-likeness (QED) is 0.699. The summed E-state index contributed by atoms with van der Waals surface area (Å²) in [6.45, 7) is 9.94. The topological polar surface area (TPSA) is 66.7 Å². The summed E-state index contributed by atoms with van der Waals surface area (Å²) < 4.78 is 0. The van der Waals surface area contributed by atoms with E-state index in [2.05, 4.69) is 32.7 Å². The SMILES string of the molecule is C[C@H]1CN=C(C(=O)[C@H](C)[C@H]2CC[C@H]3[C@@H]4CC(=O)[C@H]5C[C@@H](O)CC[C@]5(C)[C@@H]4CC[C@]23C)C1. The van der Waals surface area contributed by atoms with Crippen LogP contribution in [0.1, 0.15) is 85.5 Å². The highest BCUT2D eigenvalue weighted by Gasteiger charge is 2.62. The minimum atomic E-state index is -0.295. The highest BCUT2D eigenvalue weighted by molar-refractivity contribution is 6.41. The predicted molar refractivity (Wildman–Crippen MR) is 122 cm³/mol. The number of hydrogen-bond donors (Lipinski definition) is 1. The third-order valence-corrected chi connectivity index (χ3v) is 10.9. The molecular weight excluding hydrogens is 386 g/mol. The smallest absolute Gasteiger partial charge is 0.179 e. The number of aliphatic imine (C=N–C) groups is 1. The number of ketones is 2. The summed E-state index contributed by atoms with van der Waals surface area (Å²) in [6, 6.07) is 0. The zero-order valence-electron chi connectivity index (χ0n) is 19.9. The van der Waals surface area contributed by atoms with Crippen molar-refractivity contribution >= 4 is 17.3 Å². The van der Waals surface area contributed by atoms with Crippen LogP contribution in [0, 0.1) is 52.3 Å². The van der Waals surface area contributed by atoms with Crippen LogP contribution in [0.2, 0.25) is 0 Å². The maximum atomic E-state index is 13.3. The lowest BCUT2D eigenvalue weighted by Gasteiger charge is -2.60. The molecule has 31 heavy (non-hydrogen) atoms. The van der Waals surface area contributed by atoms with Gasteiger partial charge in [0.05, 0.1) is 11.8 Å². The van der Waals surface area contributed by atoms with E-state index in [1.807, 2.05) is 0 Å². The van der Waals surface area contributed by atoms with E-state index in [9.17, 15) is 14.7 Å². The first-order chi connectivity index (χ1) is 14.6. The Morgan fingerprint density at radius 3 is 2.48 bits per heavy atom. The Hall–Kier alpha value is -1.03. The number of Topliss-reactive ketones (excluding diaryl/α,β-unsaturated/α-hetero) is 2. The fraction of sp³-hybridized carbons (Fsp3) is 0.889. The van der Waals surface area contributed by atoms with Crippen molar-refractivity contribution in [1.82, 2.24) is 0 Å². The lowest BCUT2D eigenvalue weighted by Crippen LogP contribution is -2.57. The first-order valence-electron chi connectivity index (χ1n) is 12.9. The molecule has 5 aliphatic rings. The maximum absolute atomic E-state index is 13.3. The van der Waals surface area contributed by atoms with Crippen molar-refractivity contribution in [2.75, 3.05) is 6.54 Å².